The van der Waals surface area contributed by atoms with Crippen LogP contribution >= 0.6 is 8.53 Å². The molecule has 2 aromatic rings. The number of anilines is 1. The summed E-state index contributed by atoms with van der Waals surface area (Å²) in [5, 5.41) is 2.89. The van der Waals surface area contributed by atoms with Crippen molar-refractivity contribution in [2.24, 2.45) is 0 Å². The van der Waals surface area contributed by atoms with Crippen LogP contribution in [0.1, 0.15) is 0 Å². The molecule has 1 unspecified atom stereocenters. The van der Waals surface area contributed by atoms with Crippen LogP contribution in [0.5, 0.6) is 5.75 Å². The van der Waals surface area contributed by atoms with Gasteiger partial charge in [0.2, 0.25) is 0 Å². The Kier molecular flexibility index (Phi) is 3.76. The zero-order valence-electron chi connectivity index (χ0n) is 8.58. The molecular formula is C12H12NO2P. The van der Waals surface area contributed by atoms with E-state index in [4.69, 9.17) is 4.52 Å². The molecule has 0 heterocycles. The molecule has 0 bridgehead atoms. The van der Waals surface area contributed by atoms with Gasteiger partial charge in [0.1, 0.15) is 5.75 Å². The second-order valence-electron chi connectivity index (χ2n) is 3.16. The van der Waals surface area contributed by atoms with Gasteiger partial charge >= 0.3 is 8.53 Å². The summed E-state index contributed by atoms with van der Waals surface area (Å²) in [6, 6.07) is 18.7. The normalized spacial score (nSPS) is 11.8. The molecule has 0 fully saturated rings. The number of rotatable bonds is 4. The van der Waals surface area contributed by atoms with E-state index in [1.54, 1.807) is 12.1 Å². The summed E-state index contributed by atoms with van der Waals surface area (Å²) in [6.45, 7) is 0. The maximum atomic E-state index is 9.69. The molecule has 0 radical (unpaired) electrons. The minimum atomic E-state index is -1.68. The van der Waals surface area contributed by atoms with Gasteiger partial charge in [0, 0.05) is 5.69 Å². The summed E-state index contributed by atoms with van der Waals surface area (Å²) >= 11 is 0. The van der Waals surface area contributed by atoms with Gasteiger partial charge < -0.3 is 14.5 Å². The summed E-state index contributed by atoms with van der Waals surface area (Å²) in [6.07, 6.45) is 0. The van der Waals surface area contributed by atoms with Crippen LogP contribution < -0.4 is 9.61 Å². The lowest BCUT2D eigenvalue weighted by Gasteiger charge is -2.13. The molecule has 0 saturated carbocycles. The van der Waals surface area contributed by atoms with E-state index in [0.29, 0.717) is 5.75 Å². The molecule has 2 rings (SSSR count). The third-order valence-electron chi connectivity index (χ3n) is 1.93. The van der Waals surface area contributed by atoms with E-state index in [0.717, 1.165) is 5.69 Å². The van der Waals surface area contributed by atoms with Crippen LogP contribution in [0.15, 0.2) is 60.7 Å². The lowest BCUT2D eigenvalue weighted by molar-refractivity contribution is 0.493. The minimum Gasteiger partial charge on any atom is -0.432 e. The molecule has 0 aliphatic carbocycles. The van der Waals surface area contributed by atoms with Crippen LogP contribution in [0.2, 0.25) is 0 Å². The average Bonchev–Trinajstić information content (AvgIpc) is 2.31. The summed E-state index contributed by atoms with van der Waals surface area (Å²) in [7, 11) is -1.68. The highest BCUT2D eigenvalue weighted by molar-refractivity contribution is 7.48. The fraction of sp³-hybridized carbons (Fsp3) is 0. The first-order valence-electron chi connectivity index (χ1n) is 4.88. The first-order valence-corrected chi connectivity index (χ1v) is 6.09. The average molecular weight is 233 g/mol. The molecule has 0 aliphatic rings. The van der Waals surface area contributed by atoms with Gasteiger partial charge in [0.15, 0.2) is 0 Å². The summed E-state index contributed by atoms with van der Waals surface area (Å²) < 4.78 is 5.33. The van der Waals surface area contributed by atoms with Crippen molar-refractivity contribution in [3.8, 4) is 5.75 Å². The molecule has 4 heteroatoms. The molecule has 2 N–H and O–H groups in total. The lowest BCUT2D eigenvalue weighted by Crippen LogP contribution is -1.97. The Hall–Kier alpha value is -1.57. The molecule has 0 amide bonds. The molecule has 16 heavy (non-hydrogen) atoms. The number of hydrogen-bond donors (Lipinski definition) is 2. The monoisotopic (exact) mass is 233 g/mol. The van der Waals surface area contributed by atoms with Crippen molar-refractivity contribution < 1.29 is 9.42 Å². The zero-order valence-corrected chi connectivity index (χ0v) is 9.47. The molecule has 82 valence electrons. The van der Waals surface area contributed by atoms with E-state index in [-0.39, 0.29) is 0 Å². The summed E-state index contributed by atoms with van der Waals surface area (Å²) in [5.41, 5.74) is 0.840. The summed E-state index contributed by atoms with van der Waals surface area (Å²) in [5.74, 6) is 0.652. The summed E-state index contributed by atoms with van der Waals surface area (Å²) in [4.78, 5) is 9.69. The zero-order chi connectivity index (χ0) is 11.2. The highest BCUT2D eigenvalue weighted by Gasteiger charge is 2.06. The molecule has 1 atom stereocenters. The number of benzene rings is 2. The van der Waals surface area contributed by atoms with E-state index in [1.165, 1.54) is 0 Å². The van der Waals surface area contributed by atoms with Crippen molar-refractivity contribution in [3.63, 3.8) is 0 Å². The molecule has 0 spiro atoms. The van der Waals surface area contributed by atoms with Gasteiger partial charge in [-0.1, -0.05) is 36.4 Å². The maximum absolute atomic E-state index is 9.69. The van der Waals surface area contributed by atoms with E-state index < -0.39 is 8.53 Å². The van der Waals surface area contributed by atoms with Crippen molar-refractivity contribution in [2.75, 3.05) is 5.09 Å². The van der Waals surface area contributed by atoms with Crippen molar-refractivity contribution in [1.82, 2.24) is 0 Å². The van der Waals surface area contributed by atoms with Gasteiger partial charge in [-0.25, -0.2) is 0 Å². The predicted octanol–water partition coefficient (Wildman–Crippen LogP) is 3.40. The highest BCUT2D eigenvalue weighted by atomic mass is 31.2. The Labute approximate surface area is 95.7 Å². The molecule has 3 nitrogen and oxygen atoms in total. The number of nitrogens with one attached hydrogen (secondary N) is 1. The fourth-order valence-electron chi connectivity index (χ4n) is 1.23. The lowest BCUT2D eigenvalue weighted by atomic mass is 10.3. The Balaban J connectivity index is 1.92. The van der Waals surface area contributed by atoms with E-state index >= 15 is 0 Å². The van der Waals surface area contributed by atoms with Crippen LogP contribution in [0.25, 0.3) is 0 Å². The van der Waals surface area contributed by atoms with Gasteiger partial charge in [-0.2, -0.15) is 0 Å². The van der Waals surface area contributed by atoms with E-state index in [2.05, 4.69) is 5.09 Å². The maximum Gasteiger partial charge on any atom is 0.347 e. The second-order valence-corrected chi connectivity index (χ2v) is 4.11. The van der Waals surface area contributed by atoms with Gasteiger partial charge in [-0.15, -0.1) is 0 Å². The molecule has 0 aromatic heterocycles. The van der Waals surface area contributed by atoms with Crippen LogP contribution in [0, 0.1) is 0 Å². The number of para-hydroxylation sites is 2. The van der Waals surface area contributed by atoms with E-state index in [9.17, 15) is 4.89 Å². The predicted molar refractivity (Wildman–Crippen MR) is 66.3 cm³/mol. The Morgan fingerprint density at radius 3 is 2.06 bits per heavy atom. The van der Waals surface area contributed by atoms with Crippen molar-refractivity contribution in [1.29, 1.82) is 0 Å². The SMILES string of the molecule is OP(Nc1ccccc1)Oc1ccccc1. The van der Waals surface area contributed by atoms with Gasteiger partial charge in [-0.3, -0.25) is 0 Å². The van der Waals surface area contributed by atoms with Crippen LogP contribution in [0.4, 0.5) is 5.69 Å². The third-order valence-corrected chi connectivity index (χ3v) is 2.77. The topological polar surface area (TPSA) is 41.5 Å². The second kappa shape index (κ2) is 5.50. The first-order chi connectivity index (χ1) is 7.84. The van der Waals surface area contributed by atoms with Gasteiger partial charge in [0.05, 0.1) is 0 Å². The largest absolute Gasteiger partial charge is 0.432 e. The molecule has 0 saturated heterocycles. The molecular weight excluding hydrogens is 221 g/mol. The van der Waals surface area contributed by atoms with Gasteiger partial charge in [0.25, 0.3) is 0 Å². The van der Waals surface area contributed by atoms with Gasteiger partial charge in [-0.05, 0) is 24.3 Å². The van der Waals surface area contributed by atoms with Crippen molar-refractivity contribution in [2.45, 2.75) is 0 Å². The third kappa shape index (κ3) is 3.23. The standard InChI is InChI=1S/C12H12NO2P/c14-16(13-11-7-3-1-4-8-11)15-12-9-5-2-6-10-12/h1-10,13-14H. The quantitative estimate of drug-likeness (QED) is 0.795. The van der Waals surface area contributed by atoms with Crippen LogP contribution in [-0.4, -0.2) is 4.89 Å². The van der Waals surface area contributed by atoms with Crippen LogP contribution in [0.3, 0.4) is 0 Å². The van der Waals surface area contributed by atoms with E-state index in [1.807, 2.05) is 48.5 Å². The molecule has 0 aliphatic heterocycles. The van der Waals surface area contributed by atoms with Crippen molar-refractivity contribution in [3.05, 3.63) is 60.7 Å². The molecule has 2 aromatic carbocycles. The Bertz CT molecular complexity index is 380. The first kappa shape index (κ1) is 10.9. The fourth-order valence-corrected chi connectivity index (χ4v) is 1.96. The Morgan fingerprint density at radius 1 is 0.875 bits per heavy atom. The number of hydrogen-bond acceptors (Lipinski definition) is 3. The van der Waals surface area contributed by atoms with Crippen LogP contribution in [-0.2, 0) is 0 Å². The smallest absolute Gasteiger partial charge is 0.347 e. The highest BCUT2D eigenvalue weighted by Crippen LogP contribution is 2.33. The van der Waals surface area contributed by atoms with Crippen molar-refractivity contribution >= 4 is 14.2 Å². The Morgan fingerprint density at radius 2 is 1.44 bits per heavy atom. The minimum absolute atomic E-state index is 0.652.